The minimum absolute atomic E-state index is 0.209. The van der Waals surface area contributed by atoms with Crippen molar-refractivity contribution in [1.82, 2.24) is 15.6 Å². The first-order valence-corrected chi connectivity index (χ1v) is 9.13. The maximum atomic E-state index is 12.5. The van der Waals surface area contributed by atoms with Gasteiger partial charge in [0.05, 0.1) is 0 Å². The van der Waals surface area contributed by atoms with Gasteiger partial charge < -0.3 is 20.1 Å². The highest BCUT2D eigenvalue weighted by molar-refractivity contribution is 5.99. The number of nitrogens with zero attached hydrogens (tertiary/aromatic N) is 1. The summed E-state index contributed by atoms with van der Waals surface area (Å²) in [7, 11) is 0. The van der Waals surface area contributed by atoms with Gasteiger partial charge in [-0.3, -0.25) is 14.6 Å². The predicted molar refractivity (Wildman–Crippen MR) is 106 cm³/mol. The largest absolute Gasteiger partial charge is 0.454 e. The zero-order valence-electron chi connectivity index (χ0n) is 15.6. The molecule has 1 aliphatic rings. The highest BCUT2D eigenvalue weighted by Gasteiger charge is 2.14. The third-order valence-electron chi connectivity index (χ3n) is 4.48. The van der Waals surface area contributed by atoms with E-state index in [0.717, 1.165) is 11.1 Å². The van der Waals surface area contributed by atoms with Gasteiger partial charge >= 0.3 is 0 Å². The van der Waals surface area contributed by atoms with E-state index in [9.17, 15) is 9.59 Å². The monoisotopic (exact) mass is 389 g/mol. The van der Waals surface area contributed by atoms with Crippen molar-refractivity contribution in [3.8, 4) is 11.5 Å². The number of carbonyl (C=O) groups excluding carboxylic acids is 2. The van der Waals surface area contributed by atoms with E-state index in [4.69, 9.17) is 9.47 Å². The summed E-state index contributed by atoms with van der Waals surface area (Å²) in [6.45, 7) is 0.941. The lowest BCUT2D eigenvalue weighted by atomic mass is 10.1. The highest BCUT2D eigenvalue weighted by Crippen LogP contribution is 2.32. The SMILES string of the molecule is O=C(NCc1ccncc1)c1cccc(C(=O)NCc2ccc3c(c2)OCO3)c1. The van der Waals surface area contributed by atoms with Crippen LogP contribution in [0.1, 0.15) is 31.8 Å². The van der Waals surface area contributed by atoms with E-state index < -0.39 is 0 Å². The molecule has 0 saturated carbocycles. The number of carbonyl (C=O) groups is 2. The average Bonchev–Trinajstić information content (AvgIpc) is 3.24. The van der Waals surface area contributed by atoms with Crippen LogP contribution in [0.2, 0.25) is 0 Å². The number of aromatic nitrogens is 1. The van der Waals surface area contributed by atoms with Crippen LogP contribution < -0.4 is 20.1 Å². The normalized spacial score (nSPS) is 11.7. The van der Waals surface area contributed by atoms with Gasteiger partial charge in [0.25, 0.3) is 11.8 Å². The van der Waals surface area contributed by atoms with Crippen LogP contribution in [0.5, 0.6) is 11.5 Å². The van der Waals surface area contributed by atoms with Gasteiger partial charge in [-0.1, -0.05) is 12.1 Å². The third kappa shape index (κ3) is 4.52. The van der Waals surface area contributed by atoms with Crippen LogP contribution in [-0.4, -0.2) is 23.6 Å². The maximum absolute atomic E-state index is 12.5. The van der Waals surface area contributed by atoms with Crippen LogP contribution >= 0.6 is 0 Å². The molecule has 3 aromatic rings. The first-order chi connectivity index (χ1) is 14.2. The van der Waals surface area contributed by atoms with Crippen molar-refractivity contribution in [1.29, 1.82) is 0 Å². The number of rotatable bonds is 6. The summed E-state index contributed by atoms with van der Waals surface area (Å²) in [6, 6.07) is 15.8. The minimum Gasteiger partial charge on any atom is -0.454 e. The van der Waals surface area contributed by atoms with Gasteiger partial charge in [0.15, 0.2) is 11.5 Å². The number of ether oxygens (including phenoxy) is 2. The maximum Gasteiger partial charge on any atom is 0.251 e. The van der Waals surface area contributed by atoms with Gasteiger partial charge in [0.2, 0.25) is 6.79 Å². The van der Waals surface area contributed by atoms with Crippen molar-refractivity contribution in [2.75, 3.05) is 6.79 Å². The van der Waals surface area contributed by atoms with Crippen molar-refractivity contribution < 1.29 is 19.1 Å². The Labute approximate surface area is 167 Å². The van der Waals surface area contributed by atoms with Crippen LogP contribution in [0.15, 0.2) is 67.0 Å². The summed E-state index contributed by atoms with van der Waals surface area (Å²) in [4.78, 5) is 28.8. The van der Waals surface area contributed by atoms with E-state index >= 15 is 0 Å². The minimum atomic E-state index is -0.258. The molecule has 7 nitrogen and oxygen atoms in total. The standard InChI is InChI=1S/C22H19N3O4/c26-21(24-12-15-6-8-23-9-7-15)17-2-1-3-18(11-17)22(27)25-13-16-4-5-19-20(10-16)29-14-28-19/h1-11H,12-14H2,(H,24,26)(H,25,27). The van der Waals surface area contributed by atoms with Gasteiger partial charge in [-0.05, 0) is 53.6 Å². The molecule has 0 unspecified atom stereocenters. The van der Waals surface area contributed by atoms with E-state index in [1.54, 1.807) is 36.7 Å². The number of benzene rings is 2. The fourth-order valence-electron chi connectivity index (χ4n) is 2.92. The highest BCUT2D eigenvalue weighted by atomic mass is 16.7. The quantitative estimate of drug-likeness (QED) is 0.677. The van der Waals surface area contributed by atoms with Crippen molar-refractivity contribution in [2.24, 2.45) is 0 Å². The van der Waals surface area contributed by atoms with Crippen molar-refractivity contribution >= 4 is 11.8 Å². The van der Waals surface area contributed by atoms with Crippen LogP contribution in [0.25, 0.3) is 0 Å². The molecule has 2 heterocycles. The molecule has 0 spiro atoms. The van der Waals surface area contributed by atoms with Crippen molar-refractivity contribution in [3.05, 3.63) is 89.2 Å². The van der Waals surface area contributed by atoms with Crippen molar-refractivity contribution in [2.45, 2.75) is 13.1 Å². The molecule has 146 valence electrons. The number of pyridine rings is 1. The van der Waals surface area contributed by atoms with E-state index in [0.29, 0.717) is 35.7 Å². The Hall–Kier alpha value is -3.87. The Morgan fingerprint density at radius 2 is 1.45 bits per heavy atom. The Bertz CT molecular complexity index is 1040. The molecule has 7 heteroatoms. The lowest BCUT2D eigenvalue weighted by Gasteiger charge is -2.09. The molecule has 1 aromatic heterocycles. The van der Waals surface area contributed by atoms with Gasteiger partial charge in [-0.2, -0.15) is 0 Å². The third-order valence-corrected chi connectivity index (χ3v) is 4.48. The molecule has 0 atom stereocenters. The Morgan fingerprint density at radius 3 is 2.17 bits per heavy atom. The van der Waals surface area contributed by atoms with E-state index in [1.807, 2.05) is 30.3 Å². The number of nitrogens with one attached hydrogen (secondary N) is 2. The molecule has 0 fully saturated rings. The zero-order chi connectivity index (χ0) is 20.1. The molecule has 1 aliphatic heterocycles. The Balaban J connectivity index is 1.36. The van der Waals surface area contributed by atoms with Crippen LogP contribution in [0.3, 0.4) is 0 Å². The summed E-state index contributed by atoms with van der Waals surface area (Å²) in [5.41, 5.74) is 2.69. The molecular weight excluding hydrogens is 370 g/mol. The molecule has 2 amide bonds. The molecular formula is C22H19N3O4. The first-order valence-electron chi connectivity index (χ1n) is 9.13. The van der Waals surface area contributed by atoms with Crippen LogP contribution in [0, 0.1) is 0 Å². The molecule has 0 saturated heterocycles. The smallest absolute Gasteiger partial charge is 0.251 e. The average molecular weight is 389 g/mol. The molecule has 0 radical (unpaired) electrons. The topological polar surface area (TPSA) is 89.6 Å². The first kappa shape index (κ1) is 18.5. The summed E-state index contributed by atoms with van der Waals surface area (Å²) < 4.78 is 10.6. The lowest BCUT2D eigenvalue weighted by Crippen LogP contribution is -2.25. The van der Waals surface area contributed by atoms with E-state index in [-0.39, 0.29) is 18.6 Å². The fourth-order valence-corrected chi connectivity index (χ4v) is 2.92. The Kier molecular flexibility index (Phi) is 5.38. The molecule has 0 bridgehead atoms. The van der Waals surface area contributed by atoms with Gasteiger partial charge in [0.1, 0.15) is 0 Å². The summed E-state index contributed by atoms with van der Waals surface area (Å²) in [6.07, 6.45) is 3.35. The van der Waals surface area contributed by atoms with E-state index in [2.05, 4.69) is 15.6 Å². The second kappa shape index (κ2) is 8.43. The zero-order valence-corrected chi connectivity index (χ0v) is 15.6. The molecule has 2 aromatic carbocycles. The number of fused-ring (bicyclic) bond motifs is 1. The molecule has 29 heavy (non-hydrogen) atoms. The second-order valence-corrected chi connectivity index (χ2v) is 6.49. The Morgan fingerprint density at radius 1 is 0.793 bits per heavy atom. The molecule has 0 aliphatic carbocycles. The van der Waals surface area contributed by atoms with Gasteiger partial charge in [-0.15, -0.1) is 0 Å². The summed E-state index contributed by atoms with van der Waals surface area (Å²) in [5.74, 6) is 0.869. The van der Waals surface area contributed by atoms with Crippen molar-refractivity contribution in [3.63, 3.8) is 0 Å². The second-order valence-electron chi connectivity index (χ2n) is 6.49. The summed E-state index contributed by atoms with van der Waals surface area (Å²) >= 11 is 0. The number of hydrogen-bond acceptors (Lipinski definition) is 5. The van der Waals surface area contributed by atoms with Crippen LogP contribution in [-0.2, 0) is 13.1 Å². The van der Waals surface area contributed by atoms with E-state index in [1.165, 1.54) is 0 Å². The van der Waals surface area contributed by atoms with Gasteiger partial charge in [0, 0.05) is 36.6 Å². The number of hydrogen-bond donors (Lipinski definition) is 2. The number of amides is 2. The summed E-state index contributed by atoms with van der Waals surface area (Å²) in [5, 5.41) is 5.70. The molecule has 4 rings (SSSR count). The van der Waals surface area contributed by atoms with Gasteiger partial charge in [-0.25, -0.2) is 0 Å². The predicted octanol–water partition coefficient (Wildman–Crippen LogP) is 2.67. The molecule has 2 N–H and O–H groups in total. The lowest BCUT2D eigenvalue weighted by molar-refractivity contribution is 0.0950. The fraction of sp³-hybridized carbons (Fsp3) is 0.136. The van der Waals surface area contributed by atoms with Crippen LogP contribution in [0.4, 0.5) is 0 Å².